The van der Waals surface area contributed by atoms with Crippen LogP contribution in [0, 0.1) is 0 Å². The highest BCUT2D eigenvalue weighted by Crippen LogP contribution is 2.18. The summed E-state index contributed by atoms with van der Waals surface area (Å²) >= 11 is 0. The van der Waals surface area contributed by atoms with E-state index in [1.165, 1.54) is 0 Å². The van der Waals surface area contributed by atoms with Crippen molar-refractivity contribution in [2.75, 3.05) is 13.7 Å². The second kappa shape index (κ2) is 6.68. The predicted octanol–water partition coefficient (Wildman–Crippen LogP) is 2.73. The van der Waals surface area contributed by atoms with Crippen molar-refractivity contribution < 1.29 is 9.47 Å². The lowest BCUT2D eigenvalue weighted by Gasteiger charge is -2.05. The molecule has 2 rings (SSSR count). The van der Waals surface area contributed by atoms with Crippen LogP contribution in [0.5, 0.6) is 11.8 Å². The number of hydrogen-bond donors (Lipinski definition) is 0. The van der Waals surface area contributed by atoms with Crippen LogP contribution in [0.3, 0.4) is 0 Å². The Morgan fingerprint density at radius 2 is 1.89 bits per heavy atom. The summed E-state index contributed by atoms with van der Waals surface area (Å²) in [6.07, 6.45) is 3.88. The molecule has 2 aromatic rings. The lowest BCUT2D eigenvalue weighted by atomic mass is 10.2. The van der Waals surface area contributed by atoms with Crippen LogP contribution in [0.25, 0.3) is 11.3 Å². The molecule has 0 aliphatic rings. The molecule has 0 aliphatic heterocycles. The fourth-order valence-electron chi connectivity index (χ4n) is 1.52. The van der Waals surface area contributed by atoms with Gasteiger partial charge in [0.1, 0.15) is 0 Å². The summed E-state index contributed by atoms with van der Waals surface area (Å²) in [5.74, 6) is 1.13. The van der Waals surface area contributed by atoms with E-state index in [1.807, 2.05) is 18.2 Å². The average molecular weight is 259 g/mol. The van der Waals surface area contributed by atoms with Gasteiger partial charge in [0.15, 0.2) is 0 Å². The van der Waals surface area contributed by atoms with Gasteiger partial charge in [0, 0.05) is 23.9 Å². The number of hydrogen-bond acceptors (Lipinski definition) is 5. The minimum atomic E-state index is 0.497. The Hall–Kier alpha value is -2.17. The molecule has 0 N–H and O–H groups in total. The van der Waals surface area contributed by atoms with Gasteiger partial charge < -0.3 is 9.47 Å². The normalized spacial score (nSPS) is 10.2. The first kappa shape index (κ1) is 13.3. The Kier molecular flexibility index (Phi) is 4.66. The molecule has 0 saturated carbocycles. The van der Waals surface area contributed by atoms with Gasteiger partial charge in [0.2, 0.25) is 11.8 Å². The van der Waals surface area contributed by atoms with Crippen molar-refractivity contribution in [3.8, 4) is 23.0 Å². The van der Waals surface area contributed by atoms with Crippen LogP contribution < -0.4 is 9.47 Å². The third-order valence-electron chi connectivity index (χ3n) is 2.63. The molecule has 5 nitrogen and oxygen atoms in total. The Balaban J connectivity index is 2.04. The van der Waals surface area contributed by atoms with Gasteiger partial charge in [-0.25, -0.2) is 4.98 Å². The van der Waals surface area contributed by atoms with Gasteiger partial charge in [-0.2, -0.15) is 0 Å². The van der Waals surface area contributed by atoms with Gasteiger partial charge in [-0.1, -0.05) is 13.3 Å². The topological polar surface area (TPSA) is 57.1 Å². The highest BCUT2D eigenvalue weighted by Gasteiger charge is 2.02. The van der Waals surface area contributed by atoms with Crippen molar-refractivity contribution >= 4 is 0 Å². The van der Waals surface area contributed by atoms with Gasteiger partial charge in [0.05, 0.1) is 19.4 Å². The fourth-order valence-corrected chi connectivity index (χ4v) is 1.52. The van der Waals surface area contributed by atoms with E-state index in [-0.39, 0.29) is 0 Å². The SMILES string of the molecule is CCCCOc1ccc(-c2ccc(OC)nn2)cn1. The van der Waals surface area contributed by atoms with Gasteiger partial charge in [-0.3, -0.25) is 0 Å². The molecule has 0 unspecified atom stereocenters. The molecule has 0 radical (unpaired) electrons. The van der Waals surface area contributed by atoms with E-state index in [0.717, 1.165) is 24.1 Å². The smallest absolute Gasteiger partial charge is 0.233 e. The summed E-state index contributed by atoms with van der Waals surface area (Å²) in [6.45, 7) is 2.83. The summed E-state index contributed by atoms with van der Waals surface area (Å²) in [4.78, 5) is 4.25. The molecule has 100 valence electrons. The summed E-state index contributed by atoms with van der Waals surface area (Å²) in [6, 6.07) is 7.39. The lowest BCUT2D eigenvalue weighted by molar-refractivity contribution is 0.298. The van der Waals surface area contributed by atoms with Crippen molar-refractivity contribution in [1.82, 2.24) is 15.2 Å². The molecular weight excluding hydrogens is 242 g/mol. The molecule has 0 spiro atoms. The van der Waals surface area contributed by atoms with Crippen LogP contribution in [-0.2, 0) is 0 Å². The fraction of sp³-hybridized carbons (Fsp3) is 0.357. The quantitative estimate of drug-likeness (QED) is 0.746. The maximum absolute atomic E-state index is 5.51. The first-order valence-electron chi connectivity index (χ1n) is 6.30. The van der Waals surface area contributed by atoms with Crippen molar-refractivity contribution in [3.63, 3.8) is 0 Å². The second-order valence-electron chi connectivity index (χ2n) is 4.05. The zero-order chi connectivity index (χ0) is 13.5. The van der Waals surface area contributed by atoms with Crippen LogP contribution in [0.1, 0.15) is 19.8 Å². The number of unbranched alkanes of at least 4 members (excludes halogenated alkanes) is 1. The van der Waals surface area contributed by atoms with Crippen molar-refractivity contribution in [1.29, 1.82) is 0 Å². The standard InChI is InChI=1S/C14H17N3O2/c1-3-4-9-19-13-7-5-11(10-15-13)12-6-8-14(18-2)17-16-12/h5-8,10H,3-4,9H2,1-2H3. The summed E-state index contributed by atoms with van der Waals surface area (Å²) < 4.78 is 10.5. The minimum Gasteiger partial charge on any atom is -0.480 e. The van der Waals surface area contributed by atoms with Gasteiger partial charge in [-0.15, -0.1) is 10.2 Å². The predicted molar refractivity (Wildman–Crippen MR) is 72.2 cm³/mol. The maximum Gasteiger partial charge on any atom is 0.233 e. The third-order valence-corrected chi connectivity index (χ3v) is 2.63. The average Bonchev–Trinajstić information content (AvgIpc) is 2.48. The zero-order valence-electron chi connectivity index (χ0n) is 11.2. The molecule has 0 aromatic carbocycles. The lowest BCUT2D eigenvalue weighted by Crippen LogP contribution is -1.98. The molecule has 5 heteroatoms. The molecule has 2 aromatic heterocycles. The highest BCUT2D eigenvalue weighted by atomic mass is 16.5. The number of rotatable bonds is 6. The number of aromatic nitrogens is 3. The highest BCUT2D eigenvalue weighted by molar-refractivity contribution is 5.57. The number of ether oxygens (including phenoxy) is 2. The third kappa shape index (κ3) is 3.64. The Morgan fingerprint density at radius 1 is 1.05 bits per heavy atom. The van der Waals surface area contributed by atoms with E-state index in [4.69, 9.17) is 9.47 Å². The molecule has 0 aliphatic carbocycles. The van der Waals surface area contributed by atoms with E-state index in [0.29, 0.717) is 18.4 Å². The Bertz CT molecular complexity index is 497. The second-order valence-corrected chi connectivity index (χ2v) is 4.05. The van der Waals surface area contributed by atoms with Gasteiger partial charge in [0.25, 0.3) is 0 Å². The van der Waals surface area contributed by atoms with Crippen LogP contribution in [0.4, 0.5) is 0 Å². The molecule has 0 fully saturated rings. The zero-order valence-corrected chi connectivity index (χ0v) is 11.2. The van der Waals surface area contributed by atoms with Crippen LogP contribution in [0.2, 0.25) is 0 Å². The summed E-state index contributed by atoms with van der Waals surface area (Å²) in [5.41, 5.74) is 1.66. The first-order chi connectivity index (χ1) is 9.33. The number of methoxy groups -OCH3 is 1. The van der Waals surface area contributed by atoms with Crippen molar-refractivity contribution in [2.24, 2.45) is 0 Å². The van der Waals surface area contributed by atoms with E-state index >= 15 is 0 Å². The van der Waals surface area contributed by atoms with Crippen LogP contribution >= 0.6 is 0 Å². The minimum absolute atomic E-state index is 0.497. The van der Waals surface area contributed by atoms with Gasteiger partial charge in [-0.05, 0) is 18.6 Å². The summed E-state index contributed by atoms with van der Waals surface area (Å²) in [7, 11) is 1.56. The molecule has 19 heavy (non-hydrogen) atoms. The summed E-state index contributed by atoms with van der Waals surface area (Å²) in [5, 5.41) is 7.99. The van der Waals surface area contributed by atoms with Crippen LogP contribution in [-0.4, -0.2) is 28.9 Å². The van der Waals surface area contributed by atoms with E-state index in [1.54, 1.807) is 19.4 Å². The first-order valence-corrected chi connectivity index (χ1v) is 6.30. The van der Waals surface area contributed by atoms with Gasteiger partial charge >= 0.3 is 0 Å². The number of nitrogens with zero attached hydrogens (tertiary/aromatic N) is 3. The van der Waals surface area contributed by atoms with Crippen molar-refractivity contribution in [2.45, 2.75) is 19.8 Å². The van der Waals surface area contributed by atoms with Crippen molar-refractivity contribution in [3.05, 3.63) is 30.5 Å². The molecular formula is C14H17N3O2. The number of pyridine rings is 1. The molecule has 0 saturated heterocycles. The van der Waals surface area contributed by atoms with E-state index < -0.39 is 0 Å². The Morgan fingerprint density at radius 3 is 2.47 bits per heavy atom. The Labute approximate surface area is 112 Å². The maximum atomic E-state index is 5.51. The largest absolute Gasteiger partial charge is 0.480 e. The molecule has 0 atom stereocenters. The molecule has 0 bridgehead atoms. The van der Waals surface area contributed by atoms with Crippen LogP contribution in [0.15, 0.2) is 30.5 Å². The molecule has 0 amide bonds. The molecule has 2 heterocycles. The monoisotopic (exact) mass is 259 g/mol. The van der Waals surface area contributed by atoms with E-state index in [2.05, 4.69) is 22.1 Å². The van der Waals surface area contributed by atoms with E-state index in [9.17, 15) is 0 Å².